The van der Waals surface area contributed by atoms with Crippen LogP contribution in [0.1, 0.15) is 53.4 Å². The average molecular weight is 485 g/mol. The molecule has 2 aliphatic rings. The molecule has 0 aliphatic heterocycles. The third-order valence-corrected chi connectivity index (χ3v) is 2.96. The fourth-order valence-electron chi connectivity index (χ4n) is 1.96. The minimum Gasteiger partial charge on any atom is -1.00 e. The Hall–Kier alpha value is 0.0426. The van der Waals surface area contributed by atoms with E-state index in [1.165, 1.54) is 11.1 Å². The maximum absolute atomic E-state index is 3.39. The minimum absolute atomic E-state index is 0. The molecule has 3 radical (unpaired) electrons. The van der Waals surface area contributed by atoms with E-state index in [2.05, 4.69) is 39.8 Å². The van der Waals surface area contributed by atoms with Crippen molar-refractivity contribution in [3.05, 3.63) is 84.7 Å². The first-order chi connectivity index (χ1) is 10.8. The zero-order chi connectivity index (χ0) is 16.5. The van der Waals surface area contributed by atoms with Gasteiger partial charge in [-0.1, -0.05) is 80.9 Å². The van der Waals surface area contributed by atoms with Crippen molar-refractivity contribution >= 4 is 0 Å². The topological polar surface area (TPSA) is 0 Å². The monoisotopic (exact) mass is 482 g/mol. The molecule has 141 valence electrons. The van der Waals surface area contributed by atoms with E-state index in [1.807, 2.05) is 61.4 Å². The molecule has 25 heavy (non-hydrogen) atoms. The van der Waals surface area contributed by atoms with Crippen LogP contribution in [-0.2, 0) is 43.3 Å². The second-order valence-electron chi connectivity index (χ2n) is 4.65. The first-order valence-electron chi connectivity index (χ1n) is 8.33. The van der Waals surface area contributed by atoms with Gasteiger partial charge in [-0.2, -0.15) is 6.08 Å². The molecule has 2 aliphatic carbocycles. The number of hydrogen-bond acceptors (Lipinski definition) is 0. The number of allylic oxidation sites excluding steroid dienone is 12. The van der Waals surface area contributed by atoms with Crippen LogP contribution >= 0.6 is 0 Å². The standard InChI is InChI=1S/C12H20.2C5H5.ClH.Cu.Zr/c1-5-9-11(7-3)12(8-4)10-6-2;2*1-2-4-5-3-1;;;/h5-8H2,1-4H3;2*1-5H;1H;;/p-1. The fraction of sp³-hybridized carbons (Fsp3) is 0.364. The number of hydrogen-bond donors (Lipinski definition) is 0. The van der Waals surface area contributed by atoms with Crippen molar-refractivity contribution in [1.82, 2.24) is 0 Å². The third-order valence-electron chi connectivity index (χ3n) is 2.96. The summed E-state index contributed by atoms with van der Waals surface area (Å²) in [6.07, 6.45) is 31.0. The molecule has 0 aromatic heterocycles. The second-order valence-corrected chi connectivity index (χ2v) is 4.65. The van der Waals surface area contributed by atoms with E-state index in [1.54, 1.807) is 0 Å². The van der Waals surface area contributed by atoms with Crippen molar-refractivity contribution in [3.8, 4) is 0 Å². The zero-order valence-electron chi connectivity index (χ0n) is 15.8. The van der Waals surface area contributed by atoms with Gasteiger partial charge < -0.3 is 12.4 Å². The summed E-state index contributed by atoms with van der Waals surface area (Å²) >= 11 is 0. The Morgan fingerprint density at radius 1 is 0.760 bits per heavy atom. The molecule has 0 saturated carbocycles. The number of rotatable bonds is 5. The molecular weight excluding hydrogens is 454 g/mol. The van der Waals surface area contributed by atoms with Gasteiger partial charge in [0.2, 0.25) is 0 Å². The smallest absolute Gasteiger partial charge is 0.0649 e. The van der Waals surface area contributed by atoms with E-state index < -0.39 is 0 Å². The molecule has 0 nitrogen and oxygen atoms in total. The van der Waals surface area contributed by atoms with Gasteiger partial charge in [0.25, 0.3) is 0 Å². The first kappa shape index (κ1) is 32.7. The Labute approximate surface area is 192 Å². The van der Waals surface area contributed by atoms with Crippen molar-refractivity contribution in [3.63, 3.8) is 0 Å². The molecule has 0 aromatic carbocycles. The Kier molecular flexibility index (Phi) is 34.4. The van der Waals surface area contributed by atoms with Gasteiger partial charge in [-0.25, -0.2) is 0 Å². The molecular formula is C22H30ClCuZr-. The summed E-state index contributed by atoms with van der Waals surface area (Å²) in [5.74, 6) is 0. The summed E-state index contributed by atoms with van der Waals surface area (Å²) in [5, 5.41) is 0. The summed E-state index contributed by atoms with van der Waals surface area (Å²) in [6.45, 7) is 8.64. The summed E-state index contributed by atoms with van der Waals surface area (Å²) in [6, 6.07) is 0. The van der Waals surface area contributed by atoms with Crippen LogP contribution in [-0.4, -0.2) is 0 Å². The quantitative estimate of drug-likeness (QED) is 0.317. The first-order valence-corrected chi connectivity index (χ1v) is 8.33. The molecule has 0 saturated heterocycles. The van der Waals surface area contributed by atoms with Gasteiger partial charge in [-0.05, 0) is 19.9 Å². The van der Waals surface area contributed by atoms with Crippen LogP contribution in [0.3, 0.4) is 0 Å². The predicted octanol–water partition coefficient (Wildman–Crippen LogP) is 3.72. The summed E-state index contributed by atoms with van der Waals surface area (Å²) in [7, 11) is 0. The van der Waals surface area contributed by atoms with Crippen LogP contribution in [0.25, 0.3) is 0 Å². The van der Waals surface area contributed by atoms with E-state index in [0.717, 1.165) is 25.7 Å². The van der Waals surface area contributed by atoms with E-state index >= 15 is 0 Å². The largest absolute Gasteiger partial charge is 1.00 e. The van der Waals surface area contributed by atoms with Crippen molar-refractivity contribution in [2.75, 3.05) is 0 Å². The van der Waals surface area contributed by atoms with E-state index in [9.17, 15) is 0 Å². The third kappa shape index (κ3) is 20.2. The van der Waals surface area contributed by atoms with Gasteiger partial charge in [0, 0.05) is 68.1 Å². The van der Waals surface area contributed by atoms with Crippen molar-refractivity contribution in [2.24, 2.45) is 0 Å². The fourth-order valence-corrected chi connectivity index (χ4v) is 1.96. The molecule has 0 aromatic rings. The second kappa shape index (κ2) is 26.3. The van der Waals surface area contributed by atoms with Crippen LogP contribution in [0, 0.1) is 25.0 Å². The summed E-state index contributed by atoms with van der Waals surface area (Å²) in [5.41, 5.74) is 2.73. The Morgan fingerprint density at radius 2 is 1.20 bits per heavy atom. The maximum Gasteiger partial charge on any atom is 0.0649 e. The molecule has 0 N–H and O–H groups in total. The van der Waals surface area contributed by atoms with Gasteiger partial charge in [-0.15, -0.1) is 0 Å². The SMILES string of the molecule is CC[C+]=C(CC)C(=[C-]CC)CC.[CH]1C=CC=C1.[CH]1C=CC=C1.[Cl-].[Cu].[Zr]. The van der Waals surface area contributed by atoms with E-state index in [-0.39, 0.29) is 55.7 Å². The van der Waals surface area contributed by atoms with Gasteiger partial charge in [0.15, 0.2) is 0 Å². The van der Waals surface area contributed by atoms with Crippen molar-refractivity contribution in [2.45, 2.75) is 53.4 Å². The van der Waals surface area contributed by atoms with Gasteiger partial charge in [0.1, 0.15) is 0 Å². The summed E-state index contributed by atoms with van der Waals surface area (Å²) in [4.78, 5) is 0. The molecule has 0 atom stereocenters. The Morgan fingerprint density at radius 3 is 1.40 bits per heavy atom. The van der Waals surface area contributed by atoms with Crippen LogP contribution in [0.5, 0.6) is 0 Å². The van der Waals surface area contributed by atoms with E-state index in [0.29, 0.717) is 0 Å². The number of halogens is 1. The normalized spacial score (nSPS) is 13.3. The average Bonchev–Trinajstić information content (AvgIpc) is 3.28. The Balaban J connectivity index is -0.000000141. The minimum atomic E-state index is 0. The van der Waals surface area contributed by atoms with Crippen LogP contribution in [0.15, 0.2) is 59.8 Å². The predicted molar refractivity (Wildman–Crippen MR) is 99.8 cm³/mol. The maximum atomic E-state index is 3.39. The Bertz CT molecular complexity index is 381. The molecule has 0 bridgehead atoms. The zero-order valence-corrected chi connectivity index (χ0v) is 19.9. The van der Waals surface area contributed by atoms with E-state index in [4.69, 9.17) is 0 Å². The van der Waals surface area contributed by atoms with Crippen molar-refractivity contribution < 1.29 is 55.7 Å². The molecule has 0 heterocycles. The summed E-state index contributed by atoms with van der Waals surface area (Å²) < 4.78 is 0. The van der Waals surface area contributed by atoms with Gasteiger partial charge in [0.05, 0.1) is 6.42 Å². The van der Waals surface area contributed by atoms with Crippen LogP contribution in [0.4, 0.5) is 0 Å². The molecule has 0 spiro atoms. The van der Waals surface area contributed by atoms with Crippen molar-refractivity contribution in [1.29, 1.82) is 0 Å². The van der Waals surface area contributed by atoms with Gasteiger partial charge in [-0.3, -0.25) is 0 Å². The molecule has 3 heteroatoms. The van der Waals surface area contributed by atoms with Crippen LogP contribution < -0.4 is 12.4 Å². The molecule has 2 rings (SSSR count). The van der Waals surface area contributed by atoms with Crippen LogP contribution in [0.2, 0.25) is 0 Å². The molecule has 0 fully saturated rings. The molecule has 0 unspecified atom stereocenters. The van der Waals surface area contributed by atoms with Gasteiger partial charge >= 0.3 is 0 Å². The molecule has 0 amide bonds.